The Morgan fingerprint density at radius 3 is 2.22 bits per heavy atom. The maximum absolute atomic E-state index is 13.2. The molecule has 3 aromatic carbocycles. The number of hydrogen-bond donors (Lipinski definition) is 2. The Kier molecular flexibility index (Phi) is 9.22. The van der Waals surface area contributed by atoms with Gasteiger partial charge in [0.25, 0.3) is 0 Å². The highest BCUT2D eigenvalue weighted by Gasteiger charge is 2.28. The second kappa shape index (κ2) is 12.8. The molecule has 0 aliphatic heterocycles. The number of nitrogens with one attached hydrogen (secondary N) is 1. The van der Waals surface area contributed by atoms with Crippen LogP contribution in [0.3, 0.4) is 0 Å². The number of sulfonamides is 1. The van der Waals surface area contributed by atoms with Gasteiger partial charge in [0, 0.05) is 29.6 Å². The predicted molar refractivity (Wildman–Crippen MR) is 156 cm³/mol. The zero-order valence-electron chi connectivity index (χ0n) is 23.3. The largest absolute Gasteiger partial charge is 0.497 e. The van der Waals surface area contributed by atoms with Gasteiger partial charge in [-0.3, -0.25) is 4.79 Å². The van der Waals surface area contributed by atoms with Gasteiger partial charge in [-0.25, -0.2) is 8.42 Å². The van der Waals surface area contributed by atoms with Crippen LogP contribution in [0.25, 0.3) is 10.9 Å². The van der Waals surface area contributed by atoms with E-state index in [2.05, 4.69) is 21.1 Å². The summed E-state index contributed by atoms with van der Waals surface area (Å²) in [6.07, 6.45) is -0.0729. The van der Waals surface area contributed by atoms with Crippen LogP contribution >= 0.6 is 0 Å². The topological polar surface area (TPSA) is 116 Å². The molecule has 1 unspecified atom stereocenters. The first kappa shape index (κ1) is 29.5. The molecular formula is C31H32N2O7S. The Balaban J connectivity index is 1.65. The lowest BCUT2D eigenvalue weighted by atomic mass is 10.0. The number of carbonyl (C=O) groups is 1. The molecule has 41 heavy (non-hydrogen) atoms. The first-order valence-corrected chi connectivity index (χ1v) is 14.3. The van der Waals surface area contributed by atoms with E-state index in [1.54, 1.807) is 21.1 Å². The highest BCUT2D eigenvalue weighted by molar-refractivity contribution is 7.89. The molecule has 4 aromatic rings. The average Bonchev–Trinajstić information content (AvgIpc) is 3.22. The van der Waals surface area contributed by atoms with Crippen molar-refractivity contribution < 1.29 is 32.5 Å². The van der Waals surface area contributed by atoms with E-state index in [9.17, 15) is 18.3 Å². The zero-order chi connectivity index (χ0) is 29.6. The fourth-order valence-corrected chi connectivity index (χ4v) is 5.77. The van der Waals surface area contributed by atoms with Crippen LogP contribution in [-0.2, 0) is 27.8 Å². The molecule has 0 amide bonds. The van der Waals surface area contributed by atoms with E-state index in [0.29, 0.717) is 23.6 Å². The smallest absolute Gasteiger partial charge is 0.322 e. The van der Waals surface area contributed by atoms with Gasteiger partial charge in [0.05, 0.1) is 19.1 Å². The number of benzene rings is 3. The third kappa shape index (κ3) is 6.82. The van der Waals surface area contributed by atoms with Crippen LogP contribution in [0.1, 0.15) is 23.7 Å². The molecule has 2 N–H and O–H groups in total. The summed E-state index contributed by atoms with van der Waals surface area (Å²) in [6.45, 7) is 4.30. The second-order valence-corrected chi connectivity index (χ2v) is 11.0. The molecule has 0 saturated carbocycles. The molecule has 0 bridgehead atoms. The van der Waals surface area contributed by atoms with Crippen molar-refractivity contribution in [2.24, 2.45) is 0 Å². The van der Waals surface area contributed by atoms with E-state index in [4.69, 9.17) is 14.2 Å². The van der Waals surface area contributed by atoms with Crippen LogP contribution in [-0.4, -0.2) is 50.9 Å². The molecule has 0 aliphatic carbocycles. The minimum Gasteiger partial charge on any atom is -0.497 e. The van der Waals surface area contributed by atoms with E-state index in [-0.39, 0.29) is 17.9 Å². The number of carboxylic acid groups (broad SMARTS) is 1. The van der Waals surface area contributed by atoms with Crippen LogP contribution in [0.15, 0.2) is 71.6 Å². The molecule has 0 aliphatic rings. The van der Waals surface area contributed by atoms with Crippen molar-refractivity contribution >= 4 is 26.9 Å². The van der Waals surface area contributed by atoms with Gasteiger partial charge < -0.3 is 23.9 Å². The number of nitrogens with zero attached hydrogens (tertiary/aromatic N) is 1. The normalized spacial score (nSPS) is 11.9. The number of methoxy groups -OCH3 is 2. The van der Waals surface area contributed by atoms with Gasteiger partial charge in [-0.1, -0.05) is 18.1 Å². The van der Waals surface area contributed by atoms with Crippen LogP contribution < -0.4 is 18.9 Å². The fraction of sp³-hybridized carbons (Fsp3) is 0.258. The number of aromatic nitrogens is 1. The Bertz CT molecular complexity index is 1700. The van der Waals surface area contributed by atoms with E-state index in [1.807, 2.05) is 49.4 Å². The number of aliphatic carboxylic acids is 1. The van der Waals surface area contributed by atoms with Gasteiger partial charge in [0.2, 0.25) is 10.0 Å². The Morgan fingerprint density at radius 1 is 0.976 bits per heavy atom. The average molecular weight is 577 g/mol. The molecule has 0 fully saturated rings. The van der Waals surface area contributed by atoms with Crippen LogP contribution in [0.2, 0.25) is 0 Å². The Hall–Kier alpha value is -4.46. The summed E-state index contributed by atoms with van der Waals surface area (Å²) in [6, 6.07) is 17.6. The Morgan fingerprint density at radius 2 is 1.61 bits per heavy atom. The minimum atomic E-state index is -4.15. The summed E-state index contributed by atoms with van der Waals surface area (Å²) < 4.78 is 47.0. The lowest BCUT2D eigenvalue weighted by Gasteiger charge is -2.16. The first-order valence-electron chi connectivity index (χ1n) is 12.8. The number of ether oxygens (including phenoxy) is 3. The van der Waals surface area contributed by atoms with Crippen molar-refractivity contribution in [3.63, 3.8) is 0 Å². The zero-order valence-corrected chi connectivity index (χ0v) is 24.1. The maximum Gasteiger partial charge on any atom is 0.322 e. The molecule has 1 aromatic heterocycles. The molecule has 0 spiro atoms. The lowest BCUT2D eigenvalue weighted by molar-refractivity contribution is -0.138. The van der Waals surface area contributed by atoms with Crippen molar-refractivity contribution in [1.29, 1.82) is 0 Å². The molecule has 1 heterocycles. The van der Waals surface area contributed by atoms with Gasteiger partial charge in [0.1, 0.15) is 29.9 Å². The number of carboxylic acids is 1. The molecule has 9 nitrogen and oxygen atoms in total. The highest BCUT2D eigenvalue weighted by Crippen LogP contribution is 2.31. The van der Waals surface area contributed by atoms with Gasteiger partial charge in [0.15, 0.2) is 0 Å². The standard InChI is InChI=1S/C31H32N2O7S/c1-5-6-17-40-24-11-14-26(15-12-24)41(36,37)32-29(31(34)35)19-27-21(2)33(20-22-7-9-23(38-3)10-8-22)30-16-13-25(39-4)18-28(27)30/h7-16,18,29,32H,17,19-20H2,1-4H3,(H,34,35). The van der Waals surface area contributed by atoms with E-state index in [0.717, 1.165) is 27.9 Å². The van der Waals surface area contributed by atoms with Gasteiger partial charge >= 0.3 is 5.97 Å². The summed E-state index contributed by atoms with van der Waals surface area (Å²) in [5, 5.41) is 10.9. The minimum absolute atomic E-state index is 0.0713. The van der Waals surface area contributed by atoms with Crippen molar-refractivity contribution in [1.82, 2.24) is 9.29 Å². The molecule has 4 rings (SSSR count). The number of fused-ring (bicyclic) bond motifs is 1. The molecular weight excluding hydrogens is 544 g/mol. The molecule has 214 valence electrons. The predicted octanol–water partition coefficient (Wildman–Crippen LogP) is 4.39. The van der Waals surface area contributed by atoms with Crippen LogP contribution in [0, 0.1) is 18.8 Å². The van der Waals surface area contributed by atoms with Crippen LogP contribution in [0.4, 0.5) is 0 Å². The van der Waals surface area contributed by atoms with Gasteiger partial charge in [-0.15, -0.1) is 5.92 Å². The Labute approximate surface area is 239 Å². The summed E-state index contributed by atoms with van der Waals surface area (Å²) in [7, 11) is -0.982. The van der Waals surface area contributed by atoms with Crippen molar-refractivity contribution in [2.75, 3.05) is 20.8 Å². The number of hydrogen-bond acceptors (Lipinski definition) is 6. The molecule has 0 radical (unpaired) electrons. The van der Waals surface area contributed by atoms with Crippen LogP contribution in [0.5, 0.6) is 17.2 Å². The van der Waals surface area contributed by atoms with Gasteiger partial charge in [-0.2, -0.15) is 4.72 Å². The number of rotatable bonds is 12. The monoisotopic (exact) mass is 576 g/mol. The summed E-state index contributed by atoms with van der Waals surface area (Å²) in [5.41, 5.74) is 3.44. The summed E-state index contributed by atoms with van der Waals surface area (Å²) in [5.74, 6) is 6.01. The van der Waals surface area contributed by atoms with Crippen molar-refractivity contribution in [3.05, 3.63) is 83.6 Å². The molecule has 1 atom stereocenters. The quantitative estimate of drug-likeness (QED) is 0.240. The van der Waals surface area contributed by atoms with E-state index in [1.165, 1.54) is 24.3 Å². The van der Waals surface area contributed by atoms with Crippen molar-refractivity contribution in [2.45, 2.75) is 37.8 Å². The van der Waals surface area contributed by atoms with Crippen molar-refractivity contribution in [3.8, 4) is 29.1 Å². The highest BCUT2D eigenvalue weighted by atomic mass is 32.2. The lowest BCUT2D eigenvalue weighted by Crippen LogP contribution is -2.42. The SMILES string of the molecule is CC#CCOc1ccc(S(=O)(=O)NC(Cc2c(C)n(Cc3ccc(OC)cc3)c3ccc(OC)cc23)C(=O)O)cc1. The fourth-order valence-electron chi connectivity index (χ4n) is 4.58. The molecule has 10 heteroatoms. The summed E-state index contributed by atoms with van der Waals surface area (Å²) >= 11 is 0. The first-order chi connectivity index (χ1) is 19.7. The third-order valence-corrected chi connectivity index (χ3v) is 8.27. The van der Waals surface area contributed by atoms with Gasteiger partial charge in [-0.05, 0) is 79.6 Å². The van der Waals surface area contributed by atoms with E-state index < -0.39 is 22.0 Å². The second-order valence-electron chi connectivity index (χ2n) is 9.28. The maximum atomic E-state index is 13.2. The molecule has 0 saturated heterocycles. The summed E-state index contributed by atoms with van der Waals surface area (Å²) in [4.78, 5) is 12.3. The van der Waals surface area contributed by atoms with E-state index >= 15 is 0 Å². The third-order valence-electron chi connectivity index (χ3n) is 6.79.